The van der Waals surface area contributed by atoms with E-state index in [-0.39, 0.29) is 5.69 Å². The molecule has 0 fully saturated rings. The van der Waals surface area contributed by atoms with Crippen molar-refractivity contribution in [3.63, 3.8) is 0 Å². The second kappa shape index (κ2) is 5.56. The number of sulfonamides is 1. The first-order valence-electron chi connectivity index (χ1n) is 4.77. The van der Waals surface area contributed by atoms with Crippen LogP contribution in [0, 0.1) is 10.1 Å². The zero-order valence-electron chi connectivity index (χ0n) is 9.41. The van der Waals surface area contributed by atoms with E-state index in [1.54, 1.807) is 0 Å². The van der Waals surface area contributed by atoms with Gasteiger partial charge in [-0.05, 0) is 12.1 Å². The third-order valence-corrected chi connectivity index (χ3v) is 2.53. The average molecular weight is 273 g/mol. The normalized spacial score (nSPS) is 10.9. The SMILES string of the molecule is CS(=O)(=O)NCC(=O)Nc1ccc([N+](=O)[O-])cc1. The zero-order chi connectivity index (χ0) is 13.8. The number of nitro groups is 1. The summed E-state index contributed by atoms with van der Waals surface area (Å²) in [5.41, 5.74) is 0.253. The summed E-state index contributed by atoms with van der Waals surface area (Å²) in [7, 11) is -3.43. The highest BCUT2D eigenvalue weighted by molar-refractivity contribution is 7.88. The van der Waals surface area contributed by atoms with Crippen molar-refractivity contribution >= 4 is 27.3 Å². The first kappa shape index (κ1) is 14.1. The van der Waals surface area contributed by atoms with E-state index in [1.807, 2.05) is 4.72 Å². The van der Waals surface area contributed by atoms with Gasteiger partial charge in [0.05, 0.1) is 17.7 Å². The molecule has 0 aromatic heterocycles. The van der Waals surface area contributed by atoms with Crippen LogP contribution in [-0.4, -0.2) is 32.0 Å². The number of nitrogens with one attached hydrogen (secondary N) is 2. The number of nitrogens with zero attached hydrogens (tertiary/aromatic N) is 1. The Morgan fingerprint density at radius 1 is 1.33 bits per heavy atom. The first-order valence-corrected chi connectivity index (χ1v) is 6.66. The van der Waals surface area contributed by atoms with Crippen LogP contribution in [0.15, 0.2) is 24.3 Å². The summed E-state index contributed by atoms with van der Waals surface area (Å²) < 4.78 is 23.5. The van der Waals surface area contributed by atoms with Crippen molar-refractivity contribution in [2.75, 3.05) is 18.1 Å². The lowest BCUT2D eigenvalue weighted by Gasteiger charge is -2.05. The van der Waals surface area contributed by atoms with Crippen molar-refractivity contribution in [1.82, 2.24) is 4.72 Å². The molecule has 0 heterocycles. The Balaban J connectivity index is 2.57. The number of anilines is 1. The summed E-state index contributed by atoms with van der Waals surface area (Å²) in [5.74, 6) is -0.561. The molecule has 1 rings (SSSR count). The van der Waals surface area contributed by atoms with Gasteiger partial charge in [-0.15, -0.1) is 0 Å². The summed E-state index contributed by atoms with van der Waals surface area (Å²) in [5, 5.41) is 12.8. The van der Waals surface area contributed by atoms with Crippen LogP contribution in [0.25, 0.3) is 0 Å². The number of benzene rings is 1. The van der Waals surface area contributed by atoms with E-state index in [0.29, 0.717) is 5.69 Å². The quantitative estimate of drug-likeness (QED) is 0.581. The molecule has 0 aliphatic rings. The lowest BCUT2D eigenvalue weighted by molar-refractivity contribution is -0.384. The number of amides is 1. The van der Waals surface area contributed by atoms with Gasteiger partial charge in [0.1, 0.15) is 0 Å². The number of hydrogen-bond donors (Lipinski definition) is 2. The summed E-state index contributed by atoms with van der Waals surface area (Å²) in [4.78, 5) is 21.1. The summed E-state index contributed by atoms with van der Waals surface area (Å²) >= 11 is 0. The lowest BCUT2D eigenvalue weighted by Crippen LogP contribution is -2.32. The Kier molecular flexibility index (Phi) is 4.34. The molecule has 1 amide bonds. The van der Waals surface area contributed by atoms with Crippen molar-refractivity contribution in [3.8, 4) is 0 Å². The van der Waals surface area contributed by atoms with Crippen molar-refractivity contribution in [1.29, 1.82) is 0 Å². The number of hydrogen-bond acceptors (Lipinski definition) is 5. The van der Waals surface area contributed by atoms with Gasteiger partial charge in [-0.3, -0.25) is 14.9 Å². The molecule has 18 heavy (non-hydrogen) atoms. The summed E-state index contributed by atoms with van der Waals surface area (Å²) in [6.07, 6.45) is 0.937. The highest BCUT2D eigenvalue weighted by Gasteiger charge is 2.08. The molecule has 0 aliphatic heterocycles. The highest BCUT2D eigenvalue weighted by Crippen LogP contribution is 2.14. The van der Waals surface area contributed by atoms with Crippen LogP contribution in [-0.2, 0) is 14.8 Å². The molecule has 1 aromatic rings. The van der Waals surface area contributed by atoms with Crippen molar-refractivity contribution in [3.05, 3.63) is 34.4 Å². The Bertz CT molecular complexity index is 552. The van der Waals surface area contributed by atoms with Gasteiger partial charge in [0.2, 0.25) is 15.9 Å². The highest BCUT2D eigenvalue weighted by atomic mass is 32.2. The molecule has 0 unspecified atom stereocenters. The molecule has 0 spiro atoms. The lowest BCUT2D eigenvalue weighted by atomic mass is 10.3. The van der Waals surface area contributed by atoms with Gasteiger partial charge in [0.15, 0.2) is 0 Å². The van der Waals surface area contributed by atoms with Crippen LogP contribution < -0.4 is 10.0 Å². The molecule has 0 radical (unpaired) electrons. The molecule has 0 bridgehead atoms. The predicted octanol–water partition coefficient (Wildman–Crippen LogP) is 0.0825. The predicted molar refractivity (Wildman–Crippen MR) is 64.6 cm³/mol. The van der Waals surface area contributed by atoms with Crippen molar-refractivity contribution < 1.29 is 18.1 Å². The molecule has 0 saturated carbocycles. The van der Waals surface area contributed by atoms with Crippen LogP contribution in [0.1, 0.15) is 0 Å². The van der Waals surface area contributed by atoms with Gasteiger partial charge in [0, 0.05) is 17.8 Å². The van der Waals surface area contributed by atoms with E-state index >= 15 is 0 Å². The largest absolute Gasteiger partial charge is 0.325 e. The number of nitro benzene ring substituents is 1. The maximum absolute atomic E-state index is 11.3. The molecule has 1 aromatic carbocycles. The van der Waals surface area contributed by atoms with Gasteiger partial charge in [-0.25, -0.2) is 13.1 Å². The Labute approximate surface area is 103 Å². The minimum absolute atomic E-state index is 0.0951. The second-order valence-corrected chi connectivity index (χ2v) is 5.28. The van der Waals surface area contributed by atoms with Crippen LogP contribution in [0.5, 0.6) is 0 Å². The van der Waals surface area contributed by atoms with Gasteiger partial charge in [0.25, 0.3) is 5.69 Å². The van der Waals surface area contributed by atoms with Gasteiger partial charge in [-0.2, -0.15) is 0 Å². The third-order valence-electron chi connectivity index (χ3n) is 1.86. The fourth-order valence-electron chi connectivity index (χ4n) is 1.07. The van der Waals surface area contributed by atoms with Crippen LogP contribution in [0.2, 0.25) is 0 Å². The van der Waals surface area contributed by atoms with Crippen LogP contribution >= 0.6 is 0 Å². The maximum atomic E-state index is 11.3. The molecule has 2 N–H and O–H groups in total. The van der Waals surface area contributed by atoms with Gasteiger partial charge < -0.3 is 5.32 Å². The minimum atomic E-state index is -3.43. The molecule has 0 atom stereocenters. The van der Waals surface area contributed by atoms with E-state index in [1.165, 1.54) is 24.3 Å². The fourth-order valence-corrected chi connectivity index (χ4v) is 1.46. The van der Waals surface area contributed by atoms with Crippen LogP contribution in [0.3, 0.4) is 0 Å². The standard InChI is InChI=1S/C9H11N3O5S/c1-18(16,17)10-6-9(13)11-7-2-4-8(5-3-7)12(14)15/h2-5,10H,6H2,1H3,(H,11,13). The number of carbonyl (C=O) groups excluding carboxylic acids is 1. The fraction of sp³-hybridized carbons (Fsp3) is 0.222. The number of carbonyl (C=O) groups is 1. The van der Waals surface area contributed by atoms with Crippen LogP contribution in [0.4, 0.5) is 11.4 Å². The molecule has 8 nitrogen and oxygen atoms in total. The Morgan fingerprint density at radius 3 is 2.33 bits per heavy atom. The Hall–Kier alpha value is -2.00. The van der Waals surface area contributed by atoms with Gasteiger partial charge in [-0.1, -0.05) is 0 Å². The smallest absolute Gasteiger partial charge is 0.269 e. The van der Waals surface area contributed by atoms with E-state index < -0.39 is 27.4 Å². The van der Waals surface area contributed by atoms with E-state index in [9.17, 15) is 23.3 Å². The topological polar surface area (TPSA) is 118 Å². The average Bonchev–Trinajstić information content (AvgIpc) is 2.26. The number of non-ortho nitro benzene ring substituents is 1. The molecular formula is C9H11N3O5S. The Morgan fingerprint density at radius 2 is 1.89 bits per heavy atom. The zero-order valence-corrected chi connectivity index (χ0v) is 10.2. The van der Waals surface area contributed by atoms with Gasteiger partial charge >= 0.3 is 0 Å². The summed E-state index contributed by atoms with van der Waals surface area (Å²) in [6.45, 7) is -0.393. The number of rotatable bonds is 5. The summed E-state index contributed by atoms with van der Waals surface area (Å²) in [6, 6.07) is 5.19. The van der Waals surface area contributed by atoms with E-state index in [4.69, 9.17) is 0 Å². The second-order valence-electron chi connectivity index (χ2n) is 3.45. The molecular weight excluding hydrogens is 262 g/mol. The van der Waals surface area contributed by atoms with Crippen molar-refractivity contribution in [2.24, 2.45) is 0 Å². The first-order chi connectivity index (χ1) is 8.28. The minimum Gasteiger partial charge on any atom is -0.325 e. The van der Waals surface area contributed by atoms with E-state index in [2.05, 4.69) is 5.32 Å². The molecule has 0 saturated heterocycles. The molecule has 98 valence electrons. The molecule has 0 aliphatic carbocycles. The third kappa shape index (κ3) is 4.89. The molecule has 9 heteroatoms. The van der Waals surface area contributed by atoms with Crippen molar-refractivity contribution in [2.45, 2.75) is 0 Å². The monoisotopic (exact) mass is 273 g/mol. The maximum Gasteiger partial charge on any atom is 0.269 e. The van der Waals surface area contributed by atoms with E-state index in [0.717, 1.165) is 6.26 Å².